The molecule has 1 heterocycles. The van der Waals surface area contributed by atoms with Crippen LogP contribution in [0.15, 0.2) is 36.7 Å². The number of hydrogen-bond acceptors (Lipinski definition) is 3. The zero-order chi connectivity index (χ0) is 12.1. The molecule has 2 rings (SSSR count). The van der Waals surface area contributed by atoms with Crippen LogP contribution in [0.1, 0.15) is 12.5 Å². The minimum Gasteiger partial charge on any atom is -0.497 e. The summed E-state index contributed by atoms with van der Waals surface area (Å²) in [5.41, 5.74) is 1.18. The predicted octanol–water partition coefficient (Wildman–Crippen LogP) is 2.52. The topological polar surface area (TPSA) is 39.1 Å². The van der Waals surface area contributed by atoms with Gasteiger partial charge in [-0.05, 0) is 24.6 Å². The van der Waals surface area contributed by atoms with Crippen molar-refractivity contribution in [1.29, 1.82) is 0 Å². The molecule has 4 nitrogen and oxygen atoms in total. The highest BCUT2D eigenvalue weighted by molar-refractivity contribution is 5.33. The average Bonchev–Trinajstić information content (AvgIpc) is 2.84. The third kappa shape index (κ3) is 2.78. The molecule has 90 valence electrons. The van der Waals surface area contributed by atoms with Gasteiger partial charge < -0.3 is 14.6 Å². The molecule has 1 aromatic carbocycles. The van der Waals surface area contributed by atoms with Gasteiger partial charge in [0.05, 0.1) is 7.11 Å². The molecule has 0 unspecified atom stereocenters. The largest absolute Gasteiger partial charge is 0.497 e. The summed E-state index contributed by atoms with van der Waals surface area (Å²) >= 11 is 0. The minimum absolute atomic E-state index is 0.744. The molecule has 0 aliphatic carbocycles. The van der Waals surface area contributed by atoms with Crippen molar-refractivity contribution in [1.82, 2.24) is 9.55 Å². The van der Waals surface area contributed by atoms with Crippen LogP contribution in [0.3, 0.4) is 0 Å². The first-order chi connectivity index (χ1) is 8.33. The molecule has 0 spiro atoms. The van der Waals surface area contributed by atoms with Gasteiger partial charge in [-0.1, -0.05) is 12.1 Å². The summed E-state index contributed by atoms with van der Waals surface area (Å²) < 4.78 is 7.26. The lowest BCUT2D eigenvalue weighted by molar-refractivity contribution is 0.414. The van der Waals surface area contributed by atoms with Crippen molar-refractivity contribution in [2.75, 3.05) is 12.4 Å². The minimum atomic E-state index is 0.744. The summed E-state index contributed by atoms with van der Waals surface area (Å²) in [6.45, 7) is 3.76. The van der Waals surface area contributed by atoms with Crippen molar-refractivity contribution in [3.05, 3.63) is 42.2 Å². The van der Waals surface area contributed by atoms with Gasteiger partial charge in [0.15, 0.2) is 0 Å². The van der Waals surface area contributed by atoms with Crippen LogP contribution in [-0.2, 0) is 13.1 Å². The van der Waals surface area contributed by atoms with E-state index in [1.807, 2.05) is 24.4 Å². The van der Waals surface area contributed by atoms with Gasteiger partial charge in [-0.15, -0.1) is 0 Å². The van der Waals surface area contributed by atoms with Gasteiger partial charge in [-0.3, -0.25) is 0 Å². The normalized spacial score (nSPS) is 10.2. The van der Waals surface area contributed by atoms with E-state index in [0.29, 0.717) is 0 Å². The van der Waals surface area contributed by atoms with Crippen LogP contribution >= 0.6 is 0 Å². The van der Waals surface area contributed by atoms with E-state index in [1.54, 1.807) is 13.3 Å². The summed E-state index contributed by atoms with van der Waals surface area (Å²) in [6, 6.07) is 8.01. The van der Waals surface area contributed by atoms with Crippen LogP contribution in [0.2, 0.25) is 0 Å². The lowest BCUT2D eigenvalue weighted by atomic mass is 10.2. The van der Waals surface area contributed by atoms with Crippen LogP contribution in [0.5, 0.6) is 5.75 Å². The van der Waals surface area contributed by atoms with Crippen molar-refractivity contribution < 1.29 is 4.74 Å². The first-order valence-corrected chi connectivity index (χ1v) is 5.71. The third-order valence-corrected chi connectivity index (χ3v) is 2.64. The molecule has 0 aliphatic rings. The van der Waals surface area contributed by atoms with E-state index in [-0.39, 0.29) is 0 Å². The number of imidazole rings is 1. The second-order valence-corrected chi connectivity index (χ2v) is 3.74. The molecule has 0 saturated carbocycles. The molecular weight excluding hydrogens is 214 g/mol. The molecule has 0 amide bonds. The Morgan fingerprint density at radius 2 is 2.29 bits per heavy atom. The Morgan fingerprint density at radius 1 is 1.41 bits per heavy atom. The Bertz CT molecular complexity index is 479. The van der Waals surface area contributed by atoms with Crippen LogP contribution in [-0.4, -0.2) is 16.7 Å². The quantitative estimate of drug-likeness (QED) is 0.859. The Hall–Kier alpha value is -1.97. The van der Waals surface area contributed by atoms with E-state index in [0.717, 1.165) is 24.8 Å². The first kappa shape index (κ1) is 11.5. The maximum atomic E-state index is 5.19. The van der Waals surface area contributed by atoms with E-state index in [2.05, 4.69) is 27.9 Å². The fraction of sp³-hybridized carbons (Fsp3) is 0.308. The van der Waals surface area contributed by atoms with Crippen molar-refractivity contribution in [2.45, 2.75) is 20.0 Å². The van der Waals surface area contributed by atoms with Crippen molar-refractivity contribution in [3.63, 3.8) is 0 Å². The molecule has 0 atom stereocenters. The smallest absolute Gasteiger partial charge is 0.203 e. The number of nitrogens with one attached hydrogen (secondary N) is 1. The van der Waals surface area contributed by atoms with Crippen LogP contribution in [0.4, 0.5) is 5.95 Å². The van der Waals surface area contributed by atoms with Gasteiger partial charge in [-0.25, -0.2) is 4.98 Å². The Balaban J connectivity index is 2.02. The molecule has 0 bridgehead atoms. The van der Waals surface area contributed by atoms with Crippen LogP contribution < -0.4 is 10.1 Å². The van der Waals surface area contributed by atoms with E-state index >= 15 is 0 Å². The van der Waals surface area contributed by atoms with Crippen molar-refractivity contribution in [3.8, 4) is 5.75 Å². The van der Waals surface area contributed by atoms with Crippen molar-refractivity contribution in [2.24, 2.45) is 0 Å². The Morgan fingerprint density at radius 3 is 3.06 bits per heavy atom. The summed E-state index contributed by atoms with van der Waals surface area (Å²) in [6.07, 6.45) is 3.77. The second-order valence-electron chi connectivity index (χ2n) is 3.74. The van der Waals surface area contributed by atoms with Gasteiger partial charge in [-0.2, -0.15) is 0 Å². The van der Waals surface area contributed by atoms with Crippen LogP contribution in [0.25, 0.3) is 0 Å². The summed E-state index contributed by atoms with van der Waals surface area (Å²) in [7, 11) is 1.68. The van der Waals surface area contributed by atoms with E-state index in [4.69, 9.17) is 4.74 Å². The predicted molar refractivity (Wildman–Crippen MR) is 68.2 cm³/mol. The fourth-order valence-electron chi connectivity index (χ4n) is 1.70. The molecule has 1 aromatic heterocycles. The number of aromatic nitrogens is 2. The molecule has 4 heteroatoms. The van der Waals surface area contributed by atoms with Crippen molar-refractivity contribution >= 4 is 5.95 Å². The van der Waals surface area contributed by atoms with E-state index in [9.17, 15) is 0 Å². The molecule has 17 heavy (non-hydrogen) atoms. The molecule has 0 radical (unpaired) electrons. The number of nitrogens with zero attached hydrogens (tertiary/aromatic N) is 2. The zero-order valence-electron chi connectivity index (χ0n) is 10.2. The number of ether oxygens (including phenoxy) is 1. The lowest BCUT2D eigenvalue weighted by Gasteiger charge is -2.08. The van der Waals surface area contributed by atoms with Gasteiger partial charge in [0, 0.05) is 25.5 Å². The zero-order valence-corrected chi connectivity index (χ0v) is 10.2. The summed E-state index contributed by atoms with van der Waals surface area (Å²) in [4.78, 5) is 4.27. The molecular formula is C13H17N3O. The molecule has 0 aliphatic heterocycles. The molecule has 2 aromatic rings. The Labute approximate surface area is 101 Å². The lowest BCUT2D eigenvalue weighted by Crippen LogP contribution is -2.06. The average molecular weight is 231 g/mol. The van der Waals surface area contributed by atoms with Crippen LogP contribution in [0, 0.1) is 0 Å². The number of rotatable bonds is 5. The highest BCUT2D eigenvalue weighted by Crippen LogP contribution is 2.14. The monoisotopic (exact) mass is 231 g/mol. The maximum absolute atomic E-state index is 5.19. The number of anilines is 1. The van der Waals surface area contributed by atoms with Gasteiger partial charge in [0.2, 0.25) is 5.95 Å². The first-order valence-electron chi connectivity index (χ1n) is 5.71. The van der Waals surface area contributed by atoms with Gasteiger partial charge in [0.1, 0.15) is 5.75 Å². The number of hydrogen-bond donors (Lipinski definition) is 1. The number of benzene rings is 1. The SMILES string of the molecule is CCn1ccnc1NCc1cccc(OC)c1. The maximum Gasteiger partial charge on any atom is 0.203 e. The molecule has 1 N–H and O–H groups in total. The summed E-state index contributed by atoms with van der Waals surface area (Å²) in [5, 5.41) is 3.31. The fourth-order valence-corrected chi connectivity index (χ4v) is 1.70. The van der Waals surface area contributed by atoms with Gasteiger partial charge >= 0.3 is 0 Å². The van der Waals surface area contributed by atoms with Gasteiger partial charge in [0.25, 0.3) is 0 Å². The second kappa shape index (κ2) is 5.39. The highest BCUT2D eigenvalue weighted by Gasteiger charge is 2.01. The number of methoxy groups -OCH3 is 1. The van der Waals surface area contributed by atoms with E-state index < -0.39 is 0 Å². The standard InChI is InChI=1S/C13H17N3O/c1-3-16-8-7-14-13(16)15-10-11-5-4-6-12(9-11)17-2/h4-9H,3,10H2,1-2H3,(H,14,15). The molecule has 0 saturated heterocycles. The third-order valence-electron chi connectivity index (χ3n) is 2.64. The Kier molecular flexibility index (Phi) is 3.65. The van der Waals surface area contributed by atoms with E-state index in [1.165, 1.54) is 5.56 Å². The highest BCUT2D eigenvalue weighted by atomic mass is 16.5. The number of aryl methyl sites for hydroxylation is 1. The molecule has 0 fully saturated rings. The summed E-state index contributed by atoms with van der Waals surface area (Å²) in [5.74, 6) is 1.78.